The summed E-state index contributed by atoms with van der Waals surface area (Å²) in [5.41, 5.74) is 5.50. The minimum atomic E-state index is 0.613. The van der Waals surface area contributed by atoms with E-state index in [9.17, 15) is 0 Å². The largest absolute Gasteiger partial charge is 0.372 e. The molecule has 0 aliphatic heterocycles. The molecule has 35 heavy (non-hydrogen) atoms. The van der Waals surface area contributed by atoms with Crippen molar-refractivity contribution in [3.05, 3.63) is 89.7 Å². The van der Waals surface area contributed by atoms with Crippen LogP contribution in [0.5, 0.6) is 0 Å². The Morgan fingerprint density at radius 1 is 1.11 bits per heavy atom. The number of aromatic nitrogens is 4. The van der Waals surface area contributed by atoms with Gasteiger partial charge in [0.05, 0.1) is 5.69 Å². The Kier molecular flexibility index (Phi) is 9.38. The Labute approximate surface area is 207 Å². The number of aryl methyl sites for hydroxylation is 2. The molecular weight excluding hydrogens is 438 g/mol. The SMILES string of the molecule is CC.CNc1c(-c2cccnc2)c(C)nn1-c1ncccc1C.OOC1=CC=CC(C2CC2)=CC1. The van der Waals surface area contributed by atoms with Crippen LogP contribution < -0.4 is 5.32 Å². The van der Waals surface area contributed by atoms with Crippen molar-refractivity contribution in [2.45, 2.75) is 47.0 Å². The molecule has 2 aliphatic rings. The predicted molar refractivity (Wildman–Crippen MR) is 141 cm³/mol. The van der Waals surface area contributed by atoms with E-state index in [1.165, 1.54) is 18.4 Å². The van der Waals surface area contributed by atoms with E-state index in [4.69, 9.17) is 5.26 Å². The number of pyridine rings is 2. The van der Waals surface area contributed by atoms with E-state index < -0.39 is 0 Å². The maximum atomic E-state index is 8.43. The first-order valence-corrected chi connectivity index (χ1v) is 12.1. The van der Waals surface area contributed by atoms with Crippen LogP contribution in [0.25, 0.3) is 16.9 Å². The molecule has 0 aromatic carbocycles. The lowest BCUT2D eigenvalue weighted by Gasteiger charge is -2.10. The maximum Gasteiger partial charge on any atom is 0.158 e. The maximum absolute atomic E-state index is 8.43. The van der Waals surface area contributed by atoms with Crippen molar-refractivity contribution in [1.29, 1.82) is 0 Å². The van der Waals surface area contributed by atoms with Gasteiger partial charge >= 0.3 is 0 Å². The molecule has 7 nitrogen and oxygen atoms in total. The van der Waals surface area contributed by atoms with Crippen LogP contribution in [0, 0.1) is 19.8 Å². The van der Waals surface area contributed by atoms with Crippen molar-refractivity contribution in [2.75, 3.05) is 12.4 Å². The van der Waals surface area contributed by atoms with Crippen molar-refractivity contribution in [3.63, 3.8) is 0 Å². The van der Waals surface area contributed by atoms with Gasteiger partial charge in [0, 0.05) is 43.2 Å². The molecule has 3 aromatic rings. The summed E-state index contributed by atoms with van der Waals surface area (Å²) in [5, 5.41) is 16.3. The van der Waals surface area contributed by atoms with Crippen LogP contribution in [0.2, 0.25) is 0 Å². The second-order valence-electron chi connectivity index (χ2n) is 8.12. The molecule has 0 radical (unpaired) electrons. The number of nitrogens with one attached hydrogen (secondary N) is 1. The highest BCUT2D eigenvalue weighted by Gasteiger charge is 2.24. The lowest BCUT2D eigenvalue weighted by Crippen LogP contribution is -2.06. The normalized spacial score (nSPS) is 14.3. The van der Waals surface area contributed by atoms with Gasteiger partial charge in [-0.05, 0) is 62.0 Å². The third-order valence-electron chi connectivity index (χ3n) is 5.71. The Hall–Kier alpha value is -3.71. The van der Waals surface area contributed by atoms with Crippen LogP contribution in [0.15, 0.2) is 78.5 Å². The van der Waals surface area contributed by atoms with E-state index in [0.29, 0.717) is 12.2 Å². The summed E-state index contributed by atoms with van der Waals surface area (Å²) in [7, 11) is 1.89. The highest BCUT2D eigenvalue weighted by molar-refractivity contribution is 5.78. The average molecular weight is 474 g/mol. The summed E-state index contributed by atoms with van der Waals surface area (Å²) in [6.45, 7) is 8.03. The van der Waals surface area contributed by atoms with Crippen molar-refractivity contribution >= 4 is 5.82 Å². The predicted octanol–water partition coefficient (Wildman–Crippen LogP) is 6.67. The third kappa shape index (κ3) is 6.45. The van der Waals surface area contributed by atoms with Gasteiger partial charge in [-0.2, -0.15) is 9.78 Å². The highest BCUT2D eigenvalue weighted by Crippen LogP contribution is 2.38. The van der Waals surface area contributed by atoms with Crippen LogP contribution in [0.3, 0.4) is 0 Å². The van der Waals surface area contributed by atoms with Gasteiger partial charge < -0.3 is 10.2 Å². The molecule has 0 saturated heterocycles. The molecule has 0 spiro atoms. The summed E-state index contributed by atoms with van der Waals surface area (Å²) in [6.07, 6.45) is 16.7. The second kappa shape index (κ2) is 12.7. The van der Waals surface area contributed by atoms with Gasteiger partial charge in [-0.1, -0.05) is 44.2 Å². The number of hydrogen-bond acceptors (Lipinski definition) is 6. The molecule has 0 amide bonds. The zero-order valence-electron chi connectivity index (χ0n) is 21.2. The molecule has 2 N–H and O–H groups in total. The van der Waals surface area contributed by atoms with Gasteiger partial charge in [-0.25, -0.2) is 10.2 Å². The van der Waals surface area contributed by atoms with E-state index in [-0.39, 0.29) is 0 Å². The lowest BCUT2D eigenvalue weighted by molar-refractivity contribution is -0.204. The first-order chi connectivity index (χ1) is 17.1. The number of anilines is 1. The molecule has 0 atom stereocenters. The van der Waals surface area contributed by atoms with Gasteiger partial charge in [-0.15, -0.1) is 0 Å². The molecule has 184 valence electrons. The molecule has 3 heterocycles. The number of allylic oxidation sites excluding steroid dienone is 5. The summed E-state index contributed by atoms with van der Waals surface area (Å²) in [6, 6.07) is 7.92. The molecule has 0 unspecified atom stereocenters. The molecule has 5 rings (SSSR count). The number of hydrogen-bond donors (Lipinski definition) is 2. The van der Waals surface area contributed by atoms with Gasteiger partial charge in [-0.3, -0.25) is 4.98 Å². The molecule has 1 saturated carbocycles. The zero-order valence-corrected chi connectivity index (χ0v) is 21.2. The Morgan fingerprint density at radius 3 is 2.51 bits per heavy atom. The molecule has 2 aliphatic carbocycles. The third-order valence-corrected chi connectivity index (χ3v) is 5.71. The van der Waals surface area contributed by atoms with Gasteiger partial charge in [0.1, 0.15) is 11.6 Å². The second-order valence-corrected chi connectivity index (χ2v) is 8.12. The van der Waals surface area contributed by atoms with Gasteiger partial charge in [0.15, 0.2) is 5.82 Å². The standard InChI is InChI=1S/C16H17N5.C10H12O2.C2H6/c1-11-6-4-9-19-15(11)21-16(17-3)14(12(2)20-21)13-7-5-8-18-10-13;11-12-10-3-1-2-8(6-7-10)9-4-5-9;1-2/h4-10,17H,1-3H3;1-3,6,9,11H,4-5,7H2;1-2H3. The average Bonchev–Trinajstić information content (AvgIpc) is 3.72. The molecule has 1 fully saturated rings. The fraction of sp³-hybridized carbons (Fsp3) is 0.321. The Balaban J connectivity index is 0.000000207. The summed E-state index contributed by atoms with van der Waals surface area (Å²) >= 11 is 0. The van der Waals surface area contributed by atoms with Crippen molar-refractivity contribution in [2.24, 2.45) is 5.92 Å². The topological polar surface area (TPSA) is 85.1 Å². The van der Waals surface area contributed by atoms with E-state index in [1.807, 2.05) is 76.0 Å². The smallest absolute Gasteiger partial charge is 0.158 e. The summed E-state index contributed by atoms with van der Waals surface area (Å²) in [5.74, 6) is 3.14. The van der Waals surface area contributed by atoms with Crippen molar-refractivity contribution in [3.8, 4) is 16.9 Å². The van der Waals surface area contributed by atoms with Gasteiger partial charge in [0.25, 0.3) is 0 Å². The quantitative estimate of drug-likeness (QED) is 0.318. The van der Waals surface area contributed by atoms with E-state index >= 15 is 0 Å². The Morgan fingerprint density at radius 2 is 1.89 bits per heavy atom. The monoisotopic (exact) mass is 473 g/mol. The van der Waals surface area contributed by atoms with Crippen molar-refractivity contribution in [1.82, 2.24) is 19.7 Å². The van der Waals surface area contributed by atoms with Crippen LogP contribution in [-0.4, -0.2) is 32.1 Å². The summed E-state index contributed by atoms with van der Waals surface area (Å²) < 4.78 is 1.85. The molecule has 3 aromatic heterocycles. The highest BCUT2D eigenvalue weighted by atomic mass is 17.1. The Bertz CT molecular complexity index is 1190. The molecule has 7 heteroatoms. The summed E-state index contributed by atoms with van der Waals surface area (Å²) in [4.78, 5) is 12.8. The van der Waals surface area contributed by atoms with E-state index in [1.54, 1.807) is 18.5 Å². The van der Waals surface area contributed by atoms with Crippen LogP contribution >= 0.6 is 0 Å². The van der Waals surface area contributed by atoms with Crippen LogP contribution in [0.1, 0.15) is 44.4 Å². The first-order valence-electron chi connectivity index (χ1n) is 12.1. The van der Waals surface area contributed by atoms with Gasteiger partial charge in [0.2, 0.25) is 0 Å². The minimum Gasteiger partial charge on any atom is -0.372 e. The fourth-order valence-electron chi connectivity index (χ4n) is 3.87. The first kappa shape index (κ1) is 25.9. The van der Waals surface area contributed by atoms with Crippen molar-refractivity contribution < 1.29 is 10.1 Å². The van der Waals surface area contributed by atoms with E-state index in [2.05, 4.69) is 37.4 Å². The van der Waals surface area contributed by atoms with E-state index in [0.717, 1.165) is 39.9 Å². The molecule has 0 bridgehead atoms. The zero-order chi connectivity index (χ0) is 25.2. The van der Waals surface area contributed by atoms with Crippen LogP contribution in [-0.2, 0) is 4.89 Å². The minimum absolute atomic E-state index is 0.613. The van der Waals surface area contributed by atoms with Crippen LogP contribution in [0.4, 0.5) is 5.82 Å². The lowest BCUT2D eigenvalue weighted by atomic mass is 10.1. The number of rotatable bonds is 5. The fourth-order valence-corrected chi connectivity index (χ4v) is 3.87. The number of nitrogens with zero attached hydrogens (tertiary/aromatic N) is 4. The molecular formula is C28H35N5O2.